The number of carbonyl (C=O) groups excluding carboxylic acids is 1. The van der Waals surface area contributed by atoms with Crippen LogP contribution in [-0.2, 0) is 4.79 Å². The molecule has 1 amide bonds. The lowest BCUT2D eigenvalue weighted by Gasteiger charge is -2.11. The zero-order chi connectivity index (χ0) is 19.1. The molecule has 0 aliphatic rings. The molecule has 0 aromatic heterocycles. The van der Waals surface area contributed by atoms with Gasteiger partial charge in [0, 0.05) is 11.8 Å². The zero-order valence-electron chi connectivity index (χ0n) is 14.8. The molecule has 0 radical (unpaired) electrons. The summed E-state index contributed by atoms with van der Waals surface area (Å²) in [5.74, 6) is 0.328. The number of phenolic OH excluding ortho intramolecular Hbond substituents is 1. The average molecular weight is 352 g/mol. The number of aromatic hydroxyl groups is 1. The highest BCUT2D eigenvalue weighted by molar-refractivity contribution is 6.09. The molecule has 0 heterocycles. The number of ether oxygens (including phenoxy) is 2. The van der Waals surface area contributed by atoms with Crippen LogP contribution in [0.3, 0.4) is 0 Å². The summed E-state index contributed by atoms with van der Waals surface area (Å²) in [5, 5.41) is 21.6. The highest BCUT2D eigenvalue weighted by atomic mass is 16.5. The maximum Gasteiger partial charge on any atom is 0.266 e. The van der Waals surface area contributed by atoms with E-state index >= 15 is 0 Å². The normalized spacial score (nSPS) is 11.0. The molecule has 2 aromatic carbocycles. The van der Waals surface area contributed by atoms with Crippen molar-refractivity contribution in [2.24, 2.45) is 0 Å². The number of nitrogens with zero attached hydrogens (tertiary/aromatic N) is 1. The molecule has 0 spiro atoms. The maximum atomic E-state index is 12.4. The van der Waals surface area contributed by atoms with Gasteiger partial charge in [0.25, 0.3) is 5.91 Å². The van der Waals surface area contributed by atoms with E-state index in [1.165, 1.54) is 25.3 Å². The van der Waals surface area contributed by atoms with Crippen molar-refractivity contribution in [3.8, 4) is 23.3 Å². The molecule has 0 aliphatic carbocycles. The fourth-order valence-electron chi connectivity index (χ4n) is 2.22. The number of methoxy groups -OCH3 is 1. The van der Waals surface area contributed by atoms with Crippen molar-refractivity contribution in [2.45, 2.75) is 20.0 Å². The van der Waals surface area contributed by atoms with Crippen molar-refractivity contribution < 1.29 is 19.4 Å². The Morgan fingerprint density at radius 3 is 2.69 bits per heavy atom. The number of amides is 1. The van der Waals surface area contributed by atoms with E-state index in [0.717, 1.165) is 0 Å². The molecule has 2 N–H and O–H groups in total. The first-order valence-corrected chi connectivity index (χ1v) is 7.99. The van der Waals surface area contributed by atoms with Crippen molar-refractivity contribution >= 4 is 17.7 Å². The van der Waals surface area contributed by atoms with Gasteiger partial charge in [0.15, 0.2) is 11.5 Å². The average Bonchev–Trinajstić information content (AvgIpc) is 2.60. The van der Waals surface area contributed by atoms with E-state index < -0.39 is 5.91 Å². The van der Waals surface area contributed by atoms with E-state index in [1.54, 1.807) is 30.3 Å². The fourth-order valence-corrected chi connectivity index (χ4v) is 2.22. The standard InChI is InChI=1S/C20H20N2O4/c1-13(2)26-17-6-4-5-16(11-17)22-20(24)15(12-21)9-14-7-8-18(23)19(10-14)25-3/h4-11,13,23H,1-3H3,(H,22,24)/b15-9-. The lowest BCUT2D eigenvalue weighted by atomic mass is 10.1. The third-order valence-electron chi connectivity index (χ3n) is 3.34. The molecule has 0 bridgehead atoms. The highest BCUT2D eigenvalue weighted by Crippen LogP contribution is 2.27. The molecule has 0 atom stereocenters. The summed E-state index contributed by atoms with van der Waals surface area (Å²) in [6.45, 7) is 3.82. The van der Waals surface area contributed by atoms with Crippen LogP contribution in [0.15, 0.2) is 48.0 Å². The molecule has 2 aromatic rings. The van der Waals surface area contributed by atoms with Crippen LogP contribution in [-0.4, -0.2) is 24.2 Å². The molecule has 0 saturated carbocycles. The van der Waals surface area contributed by atoms with Crippen LogP contribution < -0.4 is 14.8 Å². The van der Waals surface area contributed by atoms with Crippen molar-refractivity contribution in [2.75, 3.05) is 12.4 Å². The van der Waals surface area contributed by atoms with Gasteiger partial charge < -0.3 is 19.9 Å². The summed E-state index contributed by atoms with van der Waals surface area (Å²) in [5.41, 5.74) is 1.01. The molecular formula is C20H20N2O4. The number of phenols is 1. The van der Waals surface area contributed by atoms with Crippen LogP contribution in [0.1, 0.15) is 19.4 Å². The Morgan fingerprint density at radius 1 is 1.27 bits per heavy atom. The van der Waals surface area contributed by atoms with Crippen LogP contribution in [0.5, 0.6) is 17.2 Å². The molecule has 134 valence electrons. The Hall–Kier alpha value is -3.46. The third-order valence-corrected chi connectivity index (χ3v) is 3.34. The third kappa shape index (κ3) is 5.02. The monoisotopic (exact) mass is 352 g/mol. The van der Waals surface area contributed by atoms with Gasteiger partial charge >= 0.3 is 0 Å². The summed E-state index contributed by atoms with van der Waals surface area (Å²) in [7, 11) is 1.42. The Morgan fingerprint density at radius 2 is 2.04 bits per heavy atom. The van der Waals surface area contributed by atoms with Gasteiger partial charge in [-0.05, 0) is 49.8 Å². The number of rotatable bonds is 6. The van der Waals surface area contributed by atoms with E-state index in [-0.39, 0.29) is 23.2 Å². The summed E-state index contributed by atoms with van der Waals surface area (Å²) < 4.78 is 10.6. The minimum absolute atomic E-state index is 0.0139. The fraction of sp³-hybridized carbons (Fsp3) is 0.200. The van der Waals surface area contributed by atoms with Gasteiger partial charge in [0.05, 0.1) is 13.2 Å². The molecule has 0 unspecified atom stereocenters. The molecule has 0 aliphatic heterocycles. The number of nitriles is 1. The lowest BCUT2D eigenvalue weighted by Crippen LogP contribution is -2.13. The van der Waals surface area contributed by atoms with Crippen molar-refractivity contribution in [3.05, 3.63) is 53.6 Å². The summed E-state index contributed by atoms with van der Waals surface area (Å²) in [6.07, 6.45) is 1.44. The minimum atomic E-state index is -0.541. The molecule has 0 saturated heterocycles. The Kier molecular flexibility index (Phi) is 6.23. The topological polar surface area (TPSA) is 91.6 Å². The first kappa shape index (κ1) is 18.9. The van der Waals surface area contributed by atoms with Gasteiger partial charge in [-0.1, -0.05) is 12.1 Å². The molecule has 26 heavy (non-hydrogen) atoms. The highest BCUT2D eigenvalue weighted by Gasteiger charge is 2.11. The summed E-state index contributed by atoms with van der Waals surface area (Å²) >= 11 is 0. The second kappa shape index (κ2) is 8.58. The van der Waals surface area contributed by atoms with Crippen LogP contribution in [0.2, 0.25) is 0 Å². The largest absolute Gasteiger partial charge is 0.504 e. The van der Waals surface area contributed by atoms with E-state index in [0.29, 0.717) is 17.0 Å². The number of benzene rings is 2. The van der Waals surface area contributed by atoms with E-state index in [4.69, 9.17) is 9.47 Å². The van der Waals surface area contributed by atoms with Gasteiger partial charge in [0.1, 0.15) is 17.4 Å². The van der Waals surface area contributed by atoms with Crippen LogP contribution in [0, 0.1) is 11.3 Å². The molecule has 6 nitrogen and oxygen atoms in total. The number of anilines is 1. The van der Waals surface area contributed by atoms with Gasteiger partial charge in [-0.2, -0.15) is 5.26 Å². The summed E-state index contributed by atoms with van der Waals surface area (Å²) in [6, 6.07) is 13.4. The summed E-state index contributed by atoms with van der Waals surface area (Å²) in [4.78, 5) is 12.4. The Balaban J connectivity index is 2.20. The quantitative estimate of drug-likeness (QED) is 0.610. The molecular weight excluding hydrogens is 332 g/mol. The first-order valence-electron chi connectivity index (χ1n) is 7.99. The second-order valence-electron chi connectivity index (χ2n) is 5.75. The Bertz CT molecular complexity index is 866. The molecule has 2 rings (SSSR count). The van der Waals surface area contributed by atoms with E-state index in [2.05, 4.69) is 5.32 Å². The number of hydrogen-bond acceptors (Lipinski definition) is 5. The SMILES string of the molecule is COc1cc(/C=C(/C#N)C(=O)Nc2cccc(OC(C)C)c2)ccc1O. The van der Waals surface area contributed by atoms with Crippen LogP contribution >= 0.6 is 0 Å². The number of carbonyl (C=O) groups is 1. The zero-order valence-corrected chi connectivity index (χ0v) is 14.8. The van der Waals surface area contributed by atoms with Crippen LogP contribution in [0.4, 0.5) is 5.69 Å². The van der Waals surface area contributed by atoms with E-state index in [1.807, 2.05) is 19.9 Å². The van der Waals surface area contributed by atoms with Crippen molar-refractivity contribution in [3.63, 3.8) is 0 Å². The van der Waals surface area contributed by atoms with Gasteiger partial charge in [-0.25, -0.2) is 0 Å². The number of hydrogen-bond donors (Lipinski definition) is 2. The van der Waals surface area contributed by atoms with Gasteiger partial charge in [-0.15, -0.1) is 0 Å². The number of nitrogens with one attached hydrogen (secondary N) is 1. The van der Waals surface area contributed by atoms with E-state index in [9.17, 15) is 15.2 Å². The van der Waals surface area contributed by atoms with Crippen molar-refractivity contribution in [1.29, 1.82) is 5.26 Å². The van der Waals surface area contributed by atoms with Crippen LogP contribution in [0.25, 0.3) is 6.08 Å². The minimum Gasteiger partial charge on any atom is -0.504 e. The molecule has 6 heteroatoms. The van der Waals surface area contributed by atoms with Gasteiger partial charge in [-0.3, -0.25) is 4.79 Å². The maximum absolute atomic E-state index is 12.4. The molecule has 0 fully saturated rings. The predicted octanol–water partition coefficient (Wildman–Crippen LogP) is 3.73. The second-order valence-corrected chi connectivity index (χ2v) is 5.75. The lowest BCUT2D eigenvalue weighted by molar-refractivity contribution is -0.112. The van der Waals surface area contributed by atoms with Crippen molar-refractivity contribution in [1.82, 2.24) is 0 Å². The Labute approximate surface area is 152 Å². The van der Waals surface area contributed by atoms with Gasteiger partial charge in [0.2, 0.25) is 0 Å². The smallest absolute Gasteiger partial charge is 0.266 e. The predicted molar refractivity (Wildman–Crippen MR) is 99.1 cm³/mol. The first-order chi connectivity index (χ1) is 12.4.